The fourth-order valence-corrected chi connectivity index (χ4v) is 3.17. The van der Waals surface area contributed by atoms with E-state index in [0.29, 0.717) is 17.9 Å². The van der Waals surface area contributed by atoms with E-state index < -0.39 is 24.2 Å². The minimum Gasteiger partial charge on any atom is -0.404 e. The number of hydrogen-bond acceptors (Lipinski definition) is 5. The highest BCUT2D eigenvalue weighted by atomic mass is 32.2. The summed E-state index contributed by atoms with van der Waals surface area (Å²) < 4.78 is 43.4. The summed E-state index contributed by atoms with van der Waals surface area (Å²) in [6.07, 6.45) is -0.590. The minimum atomic E-state index is -4.87. The molecule has 2 N–H and O–H groups in total. The standard InChI is InChI=1S/C18H18F3N5O2S/c1-29-11-9-13(16-25-24-15-8-4-5-10-26(15)16)23-17(27)22-12-6-2-3-7-14(12)28-18(19,20)21/h2-8,10,13H,9,11H2,1H3,(H2,22,23,27)/t13-/m0/s1. The molecule has 2 heterocycles. The Balaban J connectivity index is 1.78. The number of alkyl halides is 3. The number of carbonyl (C=O) groups excluding carboxylic acids is 1. The minimum absolute atomic E-state index is 0.1000. The van der Waals surface area contributed by atoms with Crippen LogP contribution >= 0.6 is 11.8 Å². The largest absolute Gasteiger partial charge is 0.573 e. The monoisotopic (exact) mass is 425 g/mol. The van der Waals surface area contributed by atoms with Gasteiger partial charge in [0.25, 0.3) is 0 Å². The lowest BCUT2D eigenvalue weighted by atomic mass is 10.2. The Kier molecular flexibility index (Phi) is 6.47. The van der Waals surface area contributed by atoms with Crippen molar-refractivity contribution in [1.82, 2.24) is 19.9 Å². The van der Waals surface area contributed by atoms with Crippen LogP contribution in [0.25, 0.3) is 5.65 Å². The second kappa shape index (κ2) is 9.03. The molecule has 154 valence electrons. The van der Waals surface area contributed by atoms with E-state index in [9.17, 15) is 18.0 Å². The smallest absolute Gasteiger partial charge is 0.404 e. The van der Waals surface area contributed by atoms with Crippen LogP contribution in [0.15, 0.2) is 48.7 Å². The van der Waals surface area contributed by atoms with Crippen LogP contribution in [0.5, 0.6) is 5.75 Å². The third-order valence-electron chi connectivity index (χ3n) is 3.93. The summed E-state index contributed by atoms with van der Waals surface area (Å²) in [5, 5.41) is 13.4. The number of hydrogen-bond donors (Lipinski definition) is 2. The number of amides is 2. The van der Waals surface area contributed by atoms with Crippen molar-refractivity contribution in [1.29, 1.82) is 0 Å². The number of aromatic nitrogens is 3. The van der Waals surface area contributed by atoms with E-state index in [1.807, 2.05) is 18.4 Å². The van der Waals surface area contributed by atoms with Crippen molar-refractivity contribution >= 4 is 29.1 Å². The molecule has 0 aliphatic carbocycles. The van der Waals surface area contributed by atoms with Crippen molar-refractivity contribution < 1.29 is 22.7 Å². The maximum absolute atomic E-state index is 12.6. The molecule has 0 spiro atoms. The van der Waals surface area contributed by atoms with Gasteiger partial charge in [0.05, 0.1) is 11.7 Å². The van der Waals surface area contributed by atoms with Crippen LogP contribution in [0.4, 0.5) is 23.7 Å². The van der Waals surface area contributed by atoms with Crippen molar-refractivity contribution in [3.8, 4) is 5.75 Å². The van der Waals surface area contributed by atoms with Gasteiger partial charge < -0.3 is 15.4 Å². The molecule has 0 aliphatic heterocycles. The summed E-state index contributed by atoms with van der Waals surface area (Å²) >= 11 is 1.60. The summed E-state index contributed by atoms with van der Waals surface area (Å²) in [6.45, 7) is 0. The number of nitrogens with one attached hydrogen (secondary N) is 2. The number of rotatable bonds is 7. The van der Waals surface area contributed by atoms with E-state index in [-0.39, 0.29) is 5.69 Å². The van der Waals surface area contributed by atoms with Gasteiger partial charge in [-0.3, -0.25) is 4.40 Å². The first-order valence-corrected chi connectivity index (χ1v) is 9.97. The number of fused-ring (bicyclic) bond motifs is 1. The SMILES string of the molecule is CSCC[C@H](NC(=O)Nc1ccccc1OC(F)(F)F)c1nnc2ccccn12. The molecule has 0 saturated carbocycles. The van der Waals surface area contributed by atoms with Gasteiger partial charge in [-0.05, 0) is 42.7 Å². The van der Waals surface area contributed by atoms with E-state index in [0.717, 1.165) is 11.8 Å². The summed E-state index contributed by atoms with van der Waals surface area (Å²) in [5.41, 5.74) is 0.528. The number of carbonyl (C=O) groups is 1. The molecule has 1 atom stereocenters. The van der Waals surface area contributed by atoms with E-state index in [2.05, 4.69) is 25.6 Å². The van der Waals surface area contributed by atoms with Gasteiger partial charge in [-0.15, -0.1) is 23.4 Å². The quantitative estimate of drug-likeness (QED) is 0.592. The Hall–Kier alpha value is -2.95. The summed E-state index contributed by atoms with van der Waals surface area (Å²) in [4.78, 5) is 12.5. The van der Waals surface area contributed by atoms with Crippen LogP contribution in [0.2, 0.25) is 0 Å². The molecule has 11 heteroatoms. The average Bonchev–Trinajstić information content (AvgIpc) is 3.09. The Morgan fingerprint density at radius 2 is 1.97 bits per heavy atom. The van der Waals surface area contributed by atoms with Gasteiger partial charge in [0, 0.05) is 6.20 Å². The van der Waals surface area contributed by atoms with Crippen molar-refractivity contribution in [2.75, 3.05) is 17.3 Å². The van der Waals surface area contributed by atoms with Crippen LogP contribution in [-0.4, -0.2) is 39.0 Å². The molecule has 0 aliphatic rings. The van der Waals surface area contributed by atoms with Crippen molar-refractivity contribution in [3.63, 3.8) is 0 Å². The lowest BCUT2D eigenvalue weighted by molar-refractivity contribution is -0.274. The van der Waals surface area contributed by atoms with E-state index in [1.165, 1.54) is 18.2 Å². The molecular formula is C18H18F3N5O2S. The third-order valence-corrected chi connectivity index (χ3v) is 4.57. The number of benzene rings is 1. The number of anilines is 1. The zero-order valence-corrected chi connectivity index (χ0v) is 16.1. The molecule has 3 rings (SSSR count). The Morgan fingerprint density at radius 3 is 2.72 bits per heavy atom. The molecule has 2 amide bonds. The molecule has 1 aromatic carbocycles. The fraction of sp³-hybridized carbons (Fsp3) is 0.278. The van der Waals surface area contributed by atoms with E-state index >= 15 is 0 Å². The molecule has 0 saturated heterocycles. The molecule has 3 aromatic rings. The number of nitrogens with zero attached hydrogens (tertiary/aromatic N) is 3. The molecule has 29 heavy (non-hydrogen) atoms. The van der Waals surface area contributed by atoms with Crippen molar-refractivity contribution in [3.05, 3.63) is 54.5 Å². The molecular weight excluding hydrogens is 407 g/mol. The number of pyridine rings is 1. The van der Waals surface area contributed by atoms with E-state index in [1.54, 1.807) is 28.4 Å². The summed E-state index contributed by atoms with van der Waals surface area (Å²) in [6, 6.07) is 9.58. The van der Waals surface area contributed by atoms with Gasteiger partial charge in [-0.2, -0.15) is 11.8 Å². The second-order valence-electron chi connectivity index (χ2n) is 5.96. The molecule has 2 aromatic heterocycles. The zero-order valence-electron chi connectivity index (χ0n) is 15.3. The first-order valence-electron chi connectivity index (χ1n) is 8.58. The Labute approximate surface area is 168 Å². The second-order valence-corrected chi connectivity index (χ2v) is 6.95. The van der Waals surface area contributed by atoms with Gasteiger partial charge in [-0.1, -0.05) is 18.2 Å². The highest BCUT2D eigenvalue weighted by Crippen LogP contribution is 2.30. The first-order chi connectivity index (χ1) is 13.9. The lowest BCUT2D eigenvalue weighted by Crippen LogP contribution is -2.34. The average molecular weight is 425 g/mol. The Bertz CT molecular complexity index is 979. The highest BCUT2D eigenvalue weighted by molar-refractivity contribution is 7.98. The molecule has 7 nitrogen and oxygen atoms in total. The van der Waals surface area contributed by atoms with Gasteiger partial charge in [0.1, 0.15) is 0 Å². The van der Waals surface area contributed by atoms with Crippen LogP contribution < -0.4 is 15.4 Å². The van der Waals surface area contributed by atoms with Gasteiger partial charge in [-0.25, -0.2) is 4.79 Å². The van der Waals surface area contributed by atoms with Crippen molar-refractivity contribution in [2.45, 2.75) is 18.8 Å². The first kappa shape index (κ1) is 20.8. The molecule has 0 unspecified atom stereocenters. The normalized spacial score (nSPS) is 12.6. The third kappa shape index (κ3) is 5.53. The van der Waals surface area contributed by atoms with Gasteiger partial charge in [0.15, 0.2) is 17.2 Å². The lowest BCUT2D eigenvalue weighted by Gasteiger charge is -2.19. The van der Waals surface area contributed by atoms with Crippen LogP contribution in [0.3, 0.4) is 0 Å². The van der Waals surface area contributed by atoms with Gasteiger partial charge in [0.2, 0.25) is 0 Å². The van der Waals surface area contributed by atoms with Gasteiger partial charge >= 0.3 is 12.4 Å². The fourth-order valence-electron chi connectivity index (χ4n) is 2.70. The number of halogens is 3. The predicted molar refractivity (Wildman–Crippen MR) is 104 cm³/mol. The predicted octanol–water partition coefficient (Wildman–Crippen LogP) is 4.24. The van der Waals surface area contributed by atoms with E-state index in [4.69, 9.17) is 0 Å². The Morgan fingerprint density at radius 1 is 1.21 bits per heavy atom. The number of para-hydroxylation sites is 2. The van der Waals surface area contributed by atoms with Crippen LogP contribution in [0.1, 0.15) is 18.3 Å². The maximum Gasteiger partial charge on any atom is 0.573 e. The van der Waals surface area contributed by atoms with Crippen molar-refractivity contribution in [2.24, 2.45) is 0 Å². The van der Waals surface area contributed by atoms with Crippen LogP contribution in [0, 0.1) is 0 Å². The molecule has 0 radical (unpaired) electrons. The summed E-state index contributed by atoms with van der Waals surface area (Å²) in [7, 11) is 0. The summed E-state index contributed by atoms with van der Waals surface area (Å²) in [5.74, 6) is 0.772. The zero-order chi connectivity index (χ0) is 20.9. The number of thioether (sulfide) groups is 1. The van der Waals surface area contributed by atoms with Crippen LogP contribution in [-0.2, 0) is 0 Å². The topological polar surface area (TPSA) is 80.5 Å². The molecule has 0 fully saturated rings. The maximum atomic E-state index is 12.6. The molecule has 0 bridgehead atoms. The number of urea groups is 1. The highest BCUT2D eigenvalue weighted by Gasteiger charge is 2.32. The number of ether oxygens (including phenoxy) is 1.